The Balaban J connectivity index is 1.74. The number of aromatic nitrogens is 5. The summed E-state index contributed by atoms with van der Waals surface area (Å²) in [7, 11) is 1.91. The van der Waals surface area contributed by atoms with Crippen molar-refractivity contribution in [3.63, 3.8) is 0 Å². The molecule has 2 N–H and O–H groups in total. The Morgan fingerprint density at radius 3 is 2.95 bits per heavy atom. The molecule has 6 heteroatoms. The summed E-state index contributed by atoms with van der Waals surface area (Å²) in [5.74, 6) is 1.53. The van der Waals surface area contributed by atoms with Gasteiger partial charge in [0.05, 0.1) is 6.20 Å². The molecule has 0 aliphatic rings. The molecule has 0 bridgehead atoms. The summed E-state index contributed by atoms with van der Waals surface area (Å²) in [4.78, 5) is 4.34. The van der Waals surface area contributed by atoms with Gasteiger partial charge in [0.15, 0.2) is 5.82 Å². The highest BCUT2D eigenvalue weighted by molar-refractivity contribution is 5.62. The molecule has 0 aliphatic heterocycles. The van der Waals surface area contributed by atoms with Gasteiger partial charge in [0, 0.05) is 36.6 Å². The van der Waals surface area contributed by atoms with Gasteiger partial charge in [-0.1, -0.05) is 12.1 Å². The van der Waals surface area contributed by atoms with Crippen molar-refractivity contribution in [1.29, 1.82) is 0 Å². The monoisotopic (exact) mass is 268 g/mol. The fraction of sp³-hybridized carbons (Fsp3) is 0.214. The third-order valence-corrected chi connectivity index (χ3v) is 2.97. The lowest BCUT2D eigenvalue weighted by atomic mass is 10.2. The Bertz CT molecular complexity index is 712. The van der Waals surface area contributed by atoms with E-state index in [1.165, 1.54) is 0 Å². The smallest absolute Gasteiger partial charge is 0.181 e. The van der Waals surface area contributed by atoms with Crippen molar-refractivity contribution in [1.82, 2.24) is 25.0 Å². The molecule has 0 atom stereocenters. The number of H-pyrrole nitrogens is 1. The Labute approximate surface area is 116 Å². The van der Waals surface area contributed by atoms with Gasteiger partial charge in [-0.2, -0.15) is 10.2 Å². The summed E-state index contributed by atoms with van der Waals surface area (Å²) in [6.45, 7) is 2.63. The van der Waals surface area contributed by atoms with Crippen LogP contribution in [0.4, 0.5) is 5.69 Å². The van der Waals surface area contributed by atoms with Crippen LogP contribution in [0.5, 0.6) is 0 Å². The highest BCUT2D eigenvalue weighted by atomic mass is 15.2. The quantitative estimate of drug-likeness (QED) is 0.760. The second-order valence-corrected chi connectivity index (χ2v) is 4.70. The van der Waals surface area contributed by atoms with E-state index in [0.29, 0.717) is 5.82 Å². The molecule has 1 aromatic carbocycles. The third-order valence-electron chi connectivity index (χ3n) is 2.97. The van der Waals surface area contributed by atoms with Crippen molar-refractivity contribution in [3.05, 3.63) is 48.0 Å². The van der Waals surface area contributed by atoms with E-state index in [1.807, 2.05) is 50.6 Å². The van der Waals surface area contributed by atoms with E-state index < -0.39 is 0 Å². The van der Waals surface area contributed by atoms with Crippen molar-refractivity contribution in [2.24, 2.45) is 7.05 Å². The highest BCUT2D eigenvalue weighted by Gasteiger charge is 2.04. The van der Waals surface area contributed by atoms with Gasteiger partial charge in [-0.15, -0.1) is 0 Å². The number of hydrogen-bond donors (Lipinski definition) is 2. The predicted molar refractivity (Wildman–Crippen MR) is 77.1 cm³/mol. The number of rotatable bonds is 4. The maximum Gasteiger partial charge on any atom is 0.181 e. The molecule has 6 nitrogen and oxygen atoms in total. The molecule has 20 heavy (non-hydrogen) atoms. The summed E-state index contributed by atoms with van der Waals surface area (Å²) in [5, 5.41) is 14.5. The first-order valence-corrected chi connectivity index (χ1v) is 6.41. The molecule has 0 spiro atoms. The maximum atomic E-state index is 4.34. The first-order chi connectivity index (χ1) is 9.70. The van der Waals surface area contributed by atoms with Crippen LogP contribution in [0.25, 0.3) is 11.4 Å². The van der Waals surface area contributed by atoms with E-state index in [9.17, 15) is 0 Å². The van der Waals surface area contributed by atoms with Gasteiger partial charge in [0.1, 0.15) is 5.82 Å². The minimum Gasteiger partial charge on any atom is -0.381 e. The van der Waals surface area contributed by atoms with E-state index in [4.69, 9.17) is 0 Å². The van der Waals surface area contributed by atoms with Crippen LogP contribution in [0.1, 0.15) is 11.4 Å². The second kappa shape index (κ2) is 5.16. The van der Waals surface area contributed by atoms with E-state index in [0.717, 1.165) is 29.2 Å². The van der Waals surface area contributed by atoms with Gasteiger partial charge < -0.3 is 5.32 Å². The van der Waals surface area contributed by atoms with E-state index in [1.54, 1.807) is 4.68 Å². The number of nitrogens with zero attached hydrogens (tertiary/aromatic N) is 4. The van der Waals surface area contributed by atoms with Crippen LogP contribution in [0.3, 0.4) is 0 Å². The molecule has 0 fully saturated rings. The Morgan fingerprint density at radius 1 is 1.35 bits per heavy atom. The molecule has 0 unspecified atom stereocenters. The zero-order chi connectivity index (χ0) is 13.9. The molecule has 3 rings (SSSR count). The maximum absolute atomic E-state index is 4.34. The van der Waals surface area contributed by atoms with E-state index in [2.05, 4.69) is 25.6 Å². The number of benzene rings is 1. The predicted octanol–water partition coefficient (Wildman–Crippen LogP) is 2.13. The largest absolute Gasteiger partial charge is 0.381 e. The van der Waals surface area contributed by atoms with E-state index in [-0.39, 0.29) is 0 Å². The molecule has 2 aromatic heterocycles. The van der Waals surface area contributed by atoms with Crippen LogP contribution >= 0.6 is 0 Å². The summed E-state index contributed by atoms with van der Waals surface area (Å²) in [6.07, 6.45) is 3.85. The zero-order valence-electron chi connectivity index (χ0n) is 11.5. The summed E-state index contributed by atoms with van der Waals surface area (Å²) in [6, 6.07) is 8.06. The van der Waals surface area contributed by atoms with Crippen molar-refractivity contribution in [2.45, 2.75) is 13.5 Å². The Kier molecular flexibility index (Phi) is 3.20. The molecule has 2 heterocycles. The zero-order valence-corrected chi connectivity index (χ0v) is 11.5. The molecular formula is C14H16N6. The standard InChI is InChI=1S/C14H16N6/c1-10-17-14(19-18-10)12-4-3-5-13(6-12)15-7-11-8-16-20(2)9-11/h3-6,8-9,15H,7H2,1-2H3,(H,17,18,19). The third kappa shape index (κ3) is 2.69. The minimum atomic E-state index is 0.715. The van der Waals surface area contributed by atoms with Gasteiger partial charge in [0.2, 0.25) is 0 Å². The molecule has 102 valence electrons. The molecule has 0 saturated carbocycles. The summed E-state index contributed by atoms with van der Waals surface area (Å²) < 4.78 is 1.80. The topological polar surface area (TPSA) is 71.4 Å². The Morgan fingerprint density at radius 2 is 2.25 bits per heavy atom. The fourth-order valence-electron chi connectivity index (χ4n) is 2.01. The van der Waals surface area contributed by atoms with Gasteiger partial charge in [0.25, 0.3) is 0 Å². The number of aromatic amines is 1. The molecule has 0 radical (unpaired) electrons. The van der Waals surface area contributed by atoms with Gasteiger partial charge in [-0.25, -0.2) is 4.98 Å². The number of aryl methyl sites for hydroxylation is 2. The SMILES string of the molecule is Cc1nc(-c2cccc(NCc3cnn(C)c3)c2)n[nH]1. The number of hydrogen-bond acceptors (Lipinski definition) is 4. The van der Waals surface area contributed by atoms with Crippen LogP contribution in [0.15, 0.2) is 36.7 Å². The summed E-state index contributed by atoms with van der Waals surface area (Å²) in [5.41, 5.74) is 3.17. The van der Waals surface area contributed by atoms with Crippen molar-refractivity contribution in [2.75, 3.05) is 5.32 Å². The van der Waals surface area contributed by atoms with Gasteiger partial charge in [-0.05, 0) is 19.1 Å². The number of nitrogens with one attached hydrogen (secondary N) is 2. The molecule has 0 aliphatic carbocycles. The fourth-order valence-corrected chi connectivity index (χ4v) is 2.01. The van der Waals surface area contributed by atoms with Crippen molar-refractivity contribution >= 4 is 5.69 Å². The molecule has 0 saturated heterocycles. The van der Waals surface area contributed by atoms with Gasteiger partial charge in [-0.3, -0.25) is 9.78 Å². The number of anilines is 1. The molecular weight excluding hydrogens is 252 g/mol. The second-order valence-electron chi connectivity index (χ2n) is 4.70. The minimum absolute atomic E-state index is 0.715. The normalized spacial score (nSPS) is 10.7. The highest BCUT2D eigenvalue weighted by Crippen LogP contribution is 2.19. The van der Waals surface area contributed by atoms with Gasteiger partial charge >= 0.3 is 0 Å². The van der Waals surface area contributed by atoms with Crippen molar-refractivity contribution < 1.29 is 0 Å². The van der Waals surface area contributed by atoms with Crippen LogP contribution in [-0.2, 0) is 13.6 Å². The molecule has 0 amide bonds. The van der Waals surface area contributed by atoms with Crippen LogP contribution in [-0.4, -0.2) is 25.0 Å². The lowest BCUT2D eigenvalue weighted by molar-refractivity contribution is 0.767. The van der Waals surface area contributed by atoms with Crippen LogP contribution in [0.2, 0.25) is 0 Å². The van der Waals surface area contributed by atoms with E-state index >= 15 is 0 Å². The molecule has 3 aromatic rings. The van der Waals surface area contributed by atoms with Crippen molar-refractivity contribution in [3.8, 4) is 11.4 Å². The lowest BCUT2D eigenvalue weighted by Crippen LogP contribution is -1.98. The first kappa shape index (κ1) is 12.4. The lowest BCUT2D eigenvalue weighted by Gasteiger charge is -2.05. The average Bonchev–Trinajstić information content (AvgIpc) is 3.06. The van der Waals surface area contributed by atoms with Crippen LogP contribution in [0, 0.1) is 6.92 Å². The Hall–Kier alpha value is -2.63. The van der Waals surface area contributed by atoms with Crippen LogP contribution < -0.4 is 5.32 Å². The summed E-state index contributed by atoms with van der Waals surface area (Å²) >= 11 is 0. The average molecular weight is 268 g/mol. The first-order valence-electron chi connectivity index (χ1n) is 6.41.